The van der Waals surface area contributed by atoms with Gasteiger partial charge in [-0.2, -0.15) is 5.10 Å². The van der Waals surface area contributed by atoms with Crippen molar-refractivity contribution in [2.24, 2.45) is 0 Å². The fraction of sp³-hybridized carbons (Fsp3) is 0. The van der Waals surface area contributed by atoms with E-state index in [2.05, 4.69) is 15.5 Å². The van der Waals surface area contributed by atoms with Crippen LogP contribution in [0.5, 0.6) is 0 Å². The average Bonchev–Trinajstić information content (AvgIpc) is 2.62. The van der Waals surface area contributed by atoms with Gasteiger partial charge in [0.15, 0.2) is 0 Å². The van der Waals surface area contributed by atoms with Crippen LogP contribution in [0.25, 0.3) is 0 Å². The van der Waals surface area contributed by atoms with Gasteiger partial charge in [-0.05, 0) is 12.1 Å². The molecule has 1 aromatic carbocycles. The van der Waals surface area contributed by atoms with Gasteiger partial charge in [0.2, 0.25) is 0 Å². The highest BCUT2D eigenvalue weighted by atomic mass is 19.1. The Kier molecular flexibility index (Phi) is 2.14. The summed E-state index contributed by atoms with van der Waals surface area (Å²) in [5, 5.41) is 9.01. The Morgan fingerprint density at radius 3 is 2.71 bits per heavy atom. The smallest absolute Gasteiger partial charge is 0.149 e. The molecular weight excluding hydrogens is 188 g/mol. The van der Waals surface area contributed by atoms with Crippen molar-refractivity contribution in [3.8, 4) is 0 Å². The number of anilines is 2. The van der Waals surface area contributed by atoms with E-state index < -0.39 is 11.6 Å². The maximum atomic E-state index is 13.1. The Bertz CT molecular complexity index is 426. The van der Waals surface area contributed by atoms with E-state index in [1.165, 1.54) is 18.3 Å². The number of halogens is 2. The van der Waals surface area contributed by atoms with Gasteiger partial charge < -0.3 is 5.32 Å². The molecule has 0 aliphatic heterocycles. The minimum absolute atomic E-state index is 0.204. The predicted molar refractivity (Wildman–Crippen MR) is 48.2 cm³/mol. The van der Waals surface area contributed by atoms with Crippen LogP contribution in [0.2, 0.25) is 0 Å². The van der Waals surface area contributed by atoms with Crippen LogP contribution in [0.15, 0.2) is 30.5 Å². The lowest BCUT2D eigenvalue weighted by Gasteiger charge is -2.04. The number of aromatic amines is 1. The van der Waals surface area contributed by atoms with Crippen molar-refractivity contribution in [2.75, 3.05) is 5.32 Å². The number of nitrogens with one attached hydrogen (secondary N) is 2. The zero-order chi connectivity index (χ0) is 9.97. The van der Waals surface area contributed by atoms with Gasteiger partial charge in [-0.3, -0.25) is 5.10 Å². The van der Waals surface area contributed by atoms with Crippen molar-refractivity contribution >= 4 is 11.5 Å². The van der Waals surface area contributed by atoms with Crippen molar-refractivity contribution in [3.63, 3.8) is 0 Å². The molecule has 0 aliphatic rings. The molecule has 2 aromatic rings. The zero-order valence-corrected chi connectivity index (χ0v) is 7.09. The maximum Gasteiger partial charge on any atom is 0.149 e. The molecule has 0 atom stereocenters. The second-order valence-corrected chi connectivity index (χ2v) is 2.72. The summed E-state index contributed by atoms with van der Waals surface area (Å²) >= 11 is 0. The van der Waals surface area contributed by atoms with Crippen molar-refractivity contribution in [3.05, 3.63) is 42.1 Å². The van der Waals surface area contributed by atoms with Gasteiger partial charge in [0.1, 0.15) is 17.5 Å². The first kappa shape index (κ1) is 8.68. The lowest BCUT2D eigenvalue weighted by atomic mass is 10.3. The SMILES string of the molecule is Fc1ccc(Nc2ccn[nH]2)c(F)c1. The third-order valence-electron chi connectivity index (χ3n) is 1.70. The van der Waals surface area contributed by atoms with E-state index in [1.54, 1.807) is 6.07 Å². The molecule has 0 saturated carbocycles. The number of aromatic nitrogens is 2. The first-order valence-corrected chi connectivity index (χ1v) is 3.97. The lowest BCUT2D eigenvalue weighted by Crippen LogP contribution is -1.94. The summed E-state index contributed by atoms with van der Waals surface area (Å²) in [5.41, 5.74) is 0.204. The van der Waals surface area contributed by atoms with Crippen molar-refractivity contribution in [2.45, 2.75) is 0 Å². The molecule has 72 valence electrons. The quantitative estimate of drug-likeness (QED) is 0.772. The summed E-state index contributed by atoms with van der Waals surface area (Å²) < 4.78 is 25.6. The Labute approximate surface area is 78.8 Å². The van der Waals surface area contributed by atoms with Gasteiger partial charge >= 0.3 is 0 Å². The standard InChI is InChI=1S/C9H7F2N3/c10-6-1-2-8(7(11)5-6)13-9-3-4-12-14-9/h1-5H,(H2,12,13,14). The summed E-state index contributed by atoms with van der Waals surface area (Å²) in [4.78, 5) is 0. The van der Waals surface area contributed by atoms with Gasteiger partial charge in [0.05, 0.1) is 11.9 Å². The predicted octanol–water partition coefficient (Wildman–Crippen LogP) is 2.43. The summed E-state index contributed by atoms with van der Waals surface area (Å²) in [6.07, 6.45) is 1.53. The lowest BCUT2D eigenvalue weighted by molar-refractivity contribution is 0.586. The molecule has 0 unspecified atom stereocenters. The number of H-pyrrole nitrogens is 1. The number of benzene rings is 1. The molecule has 0 spiro atoms. The fourth-order valence-corrected chi connectivity index (χ4v) is 1.06. The first-order chi connectivity index (χ1) is 6.75. The summed E-state index contributed by atoms with van der Waals surface area (Å²) in [7, 11) is 0. The van der Waals surface area contributed by atoms with E-state index in [4.69, 9.17) is 0 Å². The molecule has 0 aliphatic carbocycles. The Balaban J connectivity index is 2.25. The minimum Gasteiger partial charge on any atom is -0.338 e. The highest BCUT2D eigenvalue weighted by Gasteiger charge is 2.03. The van der Waals surface area contributed by atoms with Gasteiger partial charge in [-0.25, -0.2) is 8.78 Å². The number of rotatable bonds is 2. The number of hydrogen-bond acceptors (Lipinski definition) is 2. The highest BCUT2D eigenvalue weighted by molar-refractivity contribution is 5.56. The van der Waals surface area contributed by atoms with Gasteiger partial charge in [0, 0.05) is 12.1 Å². The van der Waals surface area contributed by atoms with E-state index in [0.717, 1.165) is 6.07 Å². The molecule has 5 heteroatoms. The molecule has 1 aromatic heterocycles. The van der Waals surface area contributed by atoms with E-state index in [9.17, 15) is 8.78 Å². The maximum absolute atomic E-state index is 13.1. The third-order valence-corrected chi connectivity index (χ3v) is 1.70. The van der Waals surface area contributed by atoms with Crippen molar-refractivity contribution in [1.82, 2.24) is 10.2 Å². The second-order valence-electron chi connectivity index (χ2n) is 2.72. The van der Waals surface area contributed by atoms with Crippen LogP contribution >= 0.6 is 0 Å². The molecule has 0 bridgehead atoms. The highest BCUT2D eigenvalue weighted by Crippen LogP contribution is 2.18. The van der Waals surface area contributed by atoms with Crippen LogP contribution in [0.1, 0.15) is 0 Å². The average molecular weight is 195 g/mol. The van der Waals surface area contributed by atoms with Crippen molar-refractivity contribution in [1.29, 1.82) is 0 Å². The van der Waals surface area contributed by atoms with Crippen LogP contribution < -0.4 is 5.32 Å². The molecular formula is C9H7F2N3. The molecule has 3 nitrogen and oxygen atoms in total. The van der Waals surface area contributed by atoms with E-state index >= 15 is 0 Å². The Morgan fingerprint density at radius 2 is 2.07 bits per heavy atom. The molecule has 2 rings (SSSR count). The summed E-state index contributed by atoms with van der Waals surface area (Å²) in [6, 6.07) is 4.97. The van der Waals surface area contributed by atoms with E-state index in [0.29, 0.717) is 5.82 Å². The second kappa shape index (κ2) is 3.45. The fourth-order valence-electron chi connectivity index (χ4n) is 1.06. The van der Waals surface area contributed by atoms with E-state index in [-0.39, 0.29) is 5.69 Å². The van der Waals surface area contributed by atoms with Crippen molar-refractivity contribution < 1.29 is 8.78 Å². The Morgan fingerprint density at radius 1 is 1.21 bits per heavy atom. The Hall–Kier alpha value is -1.91. The summed E-state index contributed by atoms with van der Waals surface area (Å²) in [6.45, 7) is 0. The molecule has 0 radical (unpaired) electrons. The van der Waals surface area contributed by atoms with Gasteiger partial charge in [-0.1, -0.05) is 0 Å². The first-order valence-electron chi connectivity index (χ1n) is 3.97. The molecule has 0 amide bonds. The normalized spacial score (nSPS) is 10.1. The van der Waals surface area contributed by atoms with Crippen LogP contribution in [0.3, 0.4) is 0 Å². The largest absolute Gasteiger partial charge is 0.338 e. The van der Waals surface area contributed by atoms with Crippen LogP contribution in [0.4, 0.5) is 20.3 Å². The molecule has 2 N–H and O–H groups in total. The minimum atomic E-state index is -0.639. The zero-order valence-electron chi connectivity index (χ0n) is 7.09. The van der Waals surface area contributed by atoms with Crippen LogP contribution in [-0.2, 0) is 0 Å². The van der Waals surface area contributed by atoms with Gasteiger partial charge in [0.25, 0.3) is 0 Å². The number of nitrogens with zero attached hydrogens (tertiary/aromatic N) is 1. The molecule has 14 heavy (non-hydrogen) atoms. The molecule has 0 fully saturated rings. The van der Waals surface area contributed by atoms with Gasteiger partial charge in [-0.15, -0.1) is 0 Å². The monoisotopic (exact) mass is 195 g/mol. The number of hydrogen-bond donors (Lipinski definition) is 2. The van der Waals surface area contributed by atoms with Crippen LogP contribution in [-0.4, -0.2) is 10.2 Å². The molecule has 1 heterocycles. The topological polar surface area (TPSA) is 40.7 Å². The van der Waals surface area contributed by atoms with Crippen LogP contribution in [0, 0.1) is 11.6 Å². The molecule has 0 saturated heterocycles. The summed E-state index contributed by atoms with van der Waals surface area (Å²) in [5.74, 6) is -0.687. The third kappa shape index (κ3) is 1.71. The van der Waals surface area contributed by atoms with E-state index in [1.807, 2.05) is 0 Å².